The second-order valence-corrected chi connectivity index (χ2v) is 3.03. The Kier molecular flexibility index (Phi) is 5.35. The smallest absolute Gasteiger partial charge is 0.422 e. The van der Waals surface area contributed by atoms with E-state index in [1.807, 2.05) is 0 Å². The van der Waals surface area contributed by atoms with Crippen molar-refractivity contribution >= 4 is 5.97 Å². The minimum absolute atomic E-state index is 0.0606. The molecule has 0 aromatic rings. The highest BCUT2D eigenvalue weighted by atomic mass is 19.4. The summed E-state index contributed by atoms with van der Waals surface area (Å²) in [5, 5.41) is 0. The lowest BCUT2D eigenvalue weighted by atomic mass is 10.3. The summed E-state index contributed by atoms with van der Waals surface area (Å²) in [6.07, 6.45) is -4.80. The largest absolute Gasteiger partial charge is 0.460 e. The summed E-state index contributed by atoms with van der Waals surface area (Å²) in [4.78, 5) is 10.7. The number of hydrogen-bond donors (Lipinski definition) is 0. The molecule has 0 aliphatic heterocycles. The molecule has 0 amide bonds. The molecule has 0 aliphatic carbocycles. The summed E-state index contributed by atoms with van der Waals surface area (Å²) < 4.78 is 45.0. The van der Waals surface area contributed by atoms with Crippen LogP contribution in [0.25, 0.3) is 0 Å². The molecule has 3 nitrogen and oxygen atoms in total. The van der Waals surface area contributed by atoms with Gasteiger partial charge in [0, 0.05) is 0 Å². The summed E-state index contributed by atoms with van der Waals surface area (Å²) in [6, 6.07) is 0. The summed E-state index contributed by atoms with van der Waals surface area (Å²) in [5.41, 5.74) is -1.51. The Balaban J connectivity index is 3.81. The molecular weight excluding hydrogens is 213 g/mol. The van der Waals surface area contributed by atoms with Gasteiger partial charge in [0.25, 0.3) is 0 Å². The van der Waals surface area contributed by atoms with E-state index in [4.69, 9.17) is 4.74 Å². The number of rotatable bonds is 5. The highest BCUT2D eigenvalue weighted by molar-refractivity contribution is 5.89. The Bertz CT molecular complexity index is 233. The topological polar surface area (TPSA) is 35.5 Å². The van der Waals surface area contributed by atoms with Gasteiger partial charge >= 0.3 is 12.1 Å². The predicted molar refractivity (Wildman–Crippen MR) is 47.2 cm³/mol. The summed E-state index contributed by atoms with van der Waals surface area (Å²) in [7, 11) is 0. The van der Waals surface area contributed by atoms with Crippen molar-refractivity contribution in [3.8, 4) is 0 Å². The third-order valence-electron chi connectivity index (χ3n) is 1.36. The van der Waals surface area contributed by atoms with Gasteiger partial charge in [-0.1, -0.05) is 6.58 Å². The number of carbonyl (C=O) groups is 1. The molecule has 88 valence electrons. The molecule has 0 rings (SSSR count). The van der Waals surface area contributed by atoms with Crippen LogP contribution in [0.2, 0.25) is 0 Å². The second-order valence-electron chi connectivity index (χ2n) is 3.03. The Labute approximate surface area is 85.9 Å². The number of carbonyl (C=O) groups excluding carboxylic acids is 1. The monoisotopic (exact) mass is 226 g/mol. The first-order valence-electron chi connectivity index (χ1n) is 4.30. The van der Waals surface area contributed by atoms with Crippen molar-refractivity contribution in [2.45, 2.75) is 26.1 Å². The van der Waals surface area contributed by atoms with Crippen LogP contribution in [-0.4, -0.2) is 31.5 Å². The summed E-state index contributed by atoms with van der Waals surface area (Å²) >= 11 is 0. The molecule has 15 heavy (non-hydrogen) atoms. The average molecular weight is 226 g/mol. The zero-order valence-corrected chi connectivity index (χ0v) is 8.56. The second kappa shape index (κ2) is 5.75. The highest BCUT2D eigenvalue weighted by Gasteiger charge is 2.37. The molecule has 0 fully saturated rings. The molecular formula is C9H13F3O3. The number of hydrogen-bond acceptors (Lipinski definition) is 3. The van der Waals surface area contributed by atoms with Crippen LogP contribution in [0, 0.1) is 0 Å². The van der Waals surface area contributed by atoms with Gasteiger partial charge in [0.05, 0.1) is 12.7 Å². The molecule has 0 saturated carbocycles. The van der Waals surface area contributed by atoms with E-state index >= 15 is 0 Å². The number of esters is 1. The lowest BCUT2D eigenvalue weighted by molar-refractivity contribution is -0.152. The van der Waals surface area contributed by atoms with Crippen LogP contribution >= 0.6 is 0 Å². The fraction of sp³-hybridized carbons (Fsp3) is 0.667. The van der Waals surface area contributed by atoms with E-state index in [1.54, 1.807) is 13.8 Å². The van der Waals surface area contributed by atoms with Crippen molar-refractivity contribution in [3.63, 3.8) is 0 Å². The Morgan fingerprint density at radius 1 is 1.33 bits per heavy atom. The zero-order valence-electron chi connectivity index (χ0n) is 8.56. The first-order valence-corrected chi connectivity index (χ1v) is 4.30. The van der Waals surface area contributed by atoms with Crippen LogP contribution in [0.15, 0.2) is 12.2 Å². The Morgan fingerprint density at radius 3 is 2.27 bits per heavy atom. The van der Waals surface area contributed by atoms with Crippen molar-refractivity contribution in [1.29, 1.82) is 0 Å². The number of ether oxygens (including phenoxy) is 2. The van der Waals surface area contributed by atoms with Gasteiger partial charge < -0.3 is 9.47 Å². The van der Waals surface area contributed by atoms with Crippen LogP contribution in [0.3, 0.4) is 0 Å². The fourth-order valence-electron chi connectivity index (χ4n) is 0.621. The summed E-state index contributed by atoms with van der Waals surface area (Å²) in [5.74, 6) is -1.46. The van der Waals surface area contributed by atoms with Crippen molar-refractivity contribution in [2.24, 2.45) is 0 Å². The SMILES string of the molecule is C=C(C(=O)OCCOC(C)C)C(F)(F)F. The molecule has 6 heteroatoms. The average Bonchev–Trinajstić information content (AvgIpc) is 2.09. The van der Waals surface area contributed by atoms with E-state index in [0.717, 1.165) is 0 Å². The maximum absolute atomic E-state index is 11.9. The molecule has 0 saturated heterocycles. The van der Waals surface area contributed by atoms with E-state index in [0.29, 0.717) is 0 Å². The van der Waals surface area contributed by atoms with E-state index in [2.05, 4.69) is 11.3 Å². The normalized spacial score (nSPS) is 11.6. The first kappa shape index (κ1) is 14.0. The van der Waals surface area contributed by atoms with Crippen LogP contribution < -0.4 is 0 Å². The molecule has 0 heterocycles. The number of alkyl halides is 3. The third kappa shape index (κ3) is 6.11. The third-order valence-corrected chi connectivity index (χ3v) is 1.36. The number of halogens is 3. The summed E-state index contributed by atoms with van der Waals surface area (Å²) in [6.45, 7) is 5.97. The maximum Gasteiger partial charge on any atom is 0.422 e. The lowest BCUT2D eigenvalue weighted by Gasteiger charge is -2.10. The Hall–Kier alpha value is -1.04. The molecule has 0 aromatic heterocycles. The van der Waals surface area contributed by atoms with Crippen LogP contribution in [0.4, 0.5) is 13.2 Å². The van der Waals surface area contributed by atoms with Crippen LogP contribution in [0.1, 0.15) is 13.8 Å². The molecule has 0 atom stereocenters. The minimum Gasteiger partial charge on any atom is -0.460 e. The quantitative estimate of drug-likeness (QED) is 0.409. The van der Waals surface area contributed by atoms with E-state index in [-0.39, 0.29) is 19.3 Å². The van der Waals surface area contributed by atoms with E-state index in [9.17, 15) is 18.0 Å². The Morgan fingerprint density at radius 2 is 1.87 bits per heavy atom. The lowest BCUT2D eigenvalue weighted by Crippen LogP contribution is -2.22. The molecule has 0 aromatic carbocycles. The van der Waals surface area contributed by atoms with E-state index < -0.39 is 17.7 Å². The molecule has 0 spiro atoms. The van der Waals surface area contributed by atoms with Gasteiger partial charge in [-0.2, -0.15) is 13.2 Å². The molecule has 0 N–H and O–H groups in total. The highest BCUT2D eigenvalue weighted by Crippen LogP contribution is 2.24. The standard InChI is InChI=1S/C9H13F3O3/c1-6(2)14-4-5-15-8(13)7(3)9(10,11)12/h6H,3-5H2,1-2H3. The van der Waals surface area contributed by atoms with Gasteiger partial charge in [-0.3, -0.25) is 0 Å². The zero-order chi connectivity index (χ0) is 12.1. The van der Waals surface area contributed by atoms with Gasteiger partial charge in [-0.25, -0.2) is 4.79 Å². The van der Waals surface area contributed by atoms with Crippen LogP contribution in [0.5, 0.6) is 0 Å². The van der Waals surface area contributed by atoms with Gasteiger partial charge in [0.15, 0.2) is 0 Å². The molecule has 0 aliphatic rings. The molecule has 0 bridgehead atoms. The van der Waals surface area contributed by atoms with Crippen molar-refractivity contribution < 1.29 is 27.4 Å². The van der Waals surface area contributed by atoms with Gasteiger partial charge in [-0.05, 0) is 13.8 Å². The molecule has 0 radical (unpaired) electrons. The minimum atomic E-state index is -4.74. The van der Waals surface area contributed by atoms with Gasteiger partial charge in [0.2, 0.25) is 0 Å². The molecule has 0 unspecified atom stereocenters. The van der Waals surface area contributed by atoms with Gasteiger partial charge in [-0.15, -0.1) is 0 Å². The van der Waals surface area contributed by atoms with Crippen molar-refractivity contribution in [1.82, 2.24) is 0 Å². The maximum atomic E-state index is 11.9. The fourth-order valence-corrected chi connectivity index (χ4v) is 0.621. The van der Waals surface area contributed by atoms with Crippen molar-refractivity contribution in [2.75, 3.05) is 13.2 Å². The van der Waals surface area contributed by atoms with Crippen molar-refractivity contribution in [3.05, 3.63) is 12.2 Å². The first-order chi connectivity index (χ1) is 6.75. The predicted octanol–water partition coefficient (Wildman–Crippen LogP) is 2.07. The van der Waals surface area contributed by atoms with Crippen LogP contribution in [-0.2, 0) is 14.3 Å². The van der Waals surface area contributed by atoms with Gasteiger partial charge in [0.1, 0.15) is 12.2 Å². The van der Waals surface area contributed by atoms with E-state index in [1.165, 1.54) is 0 Å².